The Morgan fingerprint density at radius 3 is 2.86 bits per heavy atom. The van der Waals surface area contributed by atoms with Gasteiger partial charge in [-0.15, -0.1) is 0 Å². The average Bonchev–Trinajstić information content (AvgIpc) is 2.51. The summed E-state index contributed by atoms with van der Waals surface area (Å²) in [5.74, 6) is 0.870. The van der Waals surface area contributed by atoms with E-state index in [2.05, 4.69) is 10.6 Å². The molecule has 5 heteroatoms. The lowest BCUT2D eigenvalue weighted by atomic mass is 9.93. The third kappa shape index (κ3) is 4.91. The maximum atomic E-state index is 11.9. The van der Waals surface area contributed by atoms with Gasteiger partial charge >= 0.3 is 6.03 Å². The highest BCUT2D eigenvalue weighted by molar-refractivity contribution is 5.74. The van der Waals surface area contributed by atoms with Gasteiger partial charge < -0.3 is 20.5 Å². The molecule has 2 rings (SSSR count). The zero-order chi connectivity index (χ0) is 15.8. The highest BCUT2D eigenvalue weighted by Crippen LogP contribution is 2.19. The van der Waals surface area contributed by atoms with E-state index < -0.39 is 6.10 Å². The molecule has 1 aromatic carbocycles. The van der Waals surface area contributed by atoms with Gasteiger partial charge in [0.2, 0.25) is 0 Å². The van der Waals surface area contributed by atoms with Crippen LogP contribution in [0.25, 0.3) is 0 Å². The van der Waals surface area contributed by atoms with Gasteiger partial charge in [0.15, 0.2) is 0 Å². The Labute approximate surface area is 132 Å². The van der Waals surface area contributed by atoms with Gasteiger partial charge in [0.25, 0.3) is 0 Å². The molecule has 1 aliphatic rings. The number of ether oxygens (including phenoxy) is 1. The molecule has 0 aromatic heterocycles. The van der Waals surface area contributed by atoms with E-state index in [1.807, 2.05) is 31.2 Å². The van der Waals surface area contributed by atoms with E-state index in [1.54, 1.807) is 0 Å². The number of benzene rings is 1. The summed E-state index contributed by atoms with van der Waals surface area (Å²) in [5, 5.41) is 15.6. The van der Waals surface area contributed by atoms with Crippen LogP contribution in [0.4, 0.5) is 4.79 Å². The lowest BCUT2D eigenvalue weighted by Crippen LogP contribution is -2.49. The van der Waals surface area contributed by atoms with Crippen LogP contribution >= 0.6 is 0 Å². The molecule has 5 nitrogen and oxygen atoms in total. The highest BCUT2D eigenvalue weighted by Gasteiger charge is 2.24. The van der Waals surface area contributed by atoms with Crippen molar-refractivity contribution in [2.45, 2.75) is 51.2 Å². The molecule has 2 amide bonds. The Bertz CT molecular complexity index is 479. The summed E-state index contributed by atoms with van der Waals surface area (Å²) in [6.07, 6.45) is 4.02. The second-order valence-electron chi connectivity index (χ2n) is 5.65. The summed E-state index contributed by atoms with van der Waals surface area (Å²) in [7, 11) is 0. The maximum absolute atomic E-state index is 11.9. The average molecular weight is 306 g/mol. The van der Waals surface area contributed by atoms with Gasteiger partial charge in [-0.3, -0.25) is 0 Å². The summed E-state index contributed by atoms with van der Waals surface area (Å²) in [6, 6.07) is 7.53. The monoisotopic (exact) mass is 306 g/mol. The maximum Gasteiger partial charge on any atom is 0.315 e. The van der Waals surface area contributed by atoms with Crippen molar-refractivity contribution in [3.63, 3.8) is 0 Å². The quantitative estimate of drug-likeness (QED) is 0.755. The molecule has 0 aliphatic heterocycles. The fourth-order valence-corrected chi connectivity index (χ4v) is 2.82. The van der Waals surface area contributed by atoms with E-state index >= 15 is 0 Å². The molecule has 0 saturated heterocycles. The van der Waals surface area contributed by atoms with E-state index in [4.69, 9.17) is 4.74 Å². The number of carbonyl (C=O) groups is 1. The van der Waals surface area contributed by atoms with Gasteiger partial charge in [-0.25, -0.2) is 4.79 Å². The minimum absolute atomic E-state index is 0.121. The van der Waals surface area contributed by atoms with Crippen molar-refractivity contribution in [3.05, 3.63) is 29.8 Å². The summed E-state index contributed by atoms with van der Waals surface area (Å²) in [5.41, 5.74) is 1.09. The molecule has 1 aliphatic carbocycles. The fourth-order valence-electron chi connectivity index (χ4n) is 2.82. The molecule has 0 spiro atoms. The SMILES string of the molecule is CCOc1ccccc1CCNC(=O)NC1CCCCC1O. The first-order valence-electron chi connectivity index (χ1n) is 8.14. The van der Waals surface area contributed by atoms with E-state index in [0.717, 1.165) is 43.4 Å². The predicted octanol–water partition coefficient (Wildman–Crippen LogP) is 2.23. The van der Waals surface area contributed by atoms with Gasteiger partial charge in [0, 0.05) is 6.54 Å². The van der Waals surface area contributed by atoms with Crippen molar-refractivity contribution >= 4 is 6.03 Å². The molecule has 1 aromatic rings. The smallest absolute Gasteiger partial charge is 0.315 e. The van der Waals surface area contributed by atoms with Gasteiger partial charge in [-0.1, -0.05) is 31.0 Å². The molecular formula is C17H26N2O3. The van der Waals surface area contributed by atoms with Crippen LogP contribution in [0.2, 0.25) is 0 Å². The standard InChI is InChI=1S/C17H26N2O3/c1-2-22-16-10-6-3-7-13(16)11-12-18-17(21)19-14-8-4-5-9-15(14)20/h3,6-7,10,14-15,20H,2,4-5,8-9,11-12H2,1H3,(H2,18,19,21). The fraction of sp³-hybridized carbons (Fsp3) is 0.588. The van der Waals surface area contributed by atoms with Crippen LogP contribution in [0.15, 0.2) is 24.3 Å². The van der Waals surface area contributed by atoms with Crippen LogP contribution in [0.1, 0.15) is 38.2 Å². The first-order valence-corrected chi connectivity index (χ1v) is 8.14. The number of nitrogens with one attached hydrogen (secondary N) is 2. The van der Waals surface area contributed by atoms with Crippen LogP contribution in [0, 0.1) is 0 Å². The number of para-hydroxylation sites is 1. The molecule has 1 fully saturated rings. The van der Waals surface area contributed by atoms with Crippen molar-refractivity contribution in [2.24, 2.45) is 0 Å². The minimum atomic E-state index is -0.418. The molecule has 3 N–H and O–H groups in total. The van der Waals surface area contributed by atoms with Crippen LogP contribution < -0.4 is 15.4 Å². The third-order valence-electron chi connectivity index (χ3n) is 4.00. The lowest BCUT2D eigenvalue weighted by molar-refractivity contribution is 0.0943. The topological polar surface area (TPSA) is 70.6 Å². The lowest BCUT2D eigenvalue weighted by Gasteiger charge is -2.28. The number of amides is 2. The zero-order valence-corrected chi connectivity index (χ0v) is 13.2. The highest BCUT2D eigenvalue weighted by atomic mass is 16.5. The zero-order valence-electron chi connectivity index (χ0n) is 13.2. The largest absolute Gasteiger partial charge is 0.494 e. The van der Waals surface area contributed by atoms with Crippen molar-refractivity contribution < 1.29 is 14.6 Å². The Balaban J connectivity index is 1.75. The molecule has 2 atom stereocenters. The Hall–Kier alpha value is -1.75. The number of hydrogen-bond acceptors (Lipinski definition) is 3. The van der Waals surface area contributed by atoms with E-state index in [9.17, 15) is 9.90 Å². The molecule has 1 saturated carbocycles. The second-order valence-corrected chi connectivity index (χ2v) is 5.65. The Morgan fingerprint density at radius 2 is 2.09 bits per heavy atom. The number of aliphatic hydroxyl groups is 1. The van der Waals surface area contributed by atoms with E-state index in [1.165, 1.54) is 0 Å². The first kappa shape index (κ1) is 16.6. The normalized spacial score (nSPS) is 21.2. The van der Waals surface area contributed by atoms with Gasteiger partial charge in [-0.2, -0.15) is 0 Å². The summed E-state index contributed by atoms with van der Waals surface area (Å²) < 4.78 is 5.57. The Kier molecular flexibility index (Phi) is 6.52. The van der Waals surface area contributed by atoms with E-state index in [-0.39, 0.29) is 12.1 Å². The molecule has 0 radical (unpaired) electrons. The number of carbonyl (C=O) groups excluding carboxylic acids is 1. The molecule has 22 heavy (non-hydrogen) atoms. The minimum Gasteiger partial charge on any atom is -0.494 e. The summed E-state index contributed by atoms with van der Waals surface area (Å²) >= 11 is 0. The molecule has 122 valence electrons. The molecule has 2 unspecified atom stereocenters. The second kappa shape index (κ2) is 8.63. The predicted molar refractivity (Wildman–Crippen MR) is 86.1 cm³/mol. The van der Waals surface area contributed by atoms with Crippen LogP contribution in [0.3, 0.4) is 0 Å². The molecule has 0 bridgehead atoms. The Morgan fingerprint density at radius 1 is 1.32 bits per heavy atom. The van der Waals surface area contributed by atoms with Crippen LogP contribution in [-0.2, 0) is 6.42 Å². The van der Waals surface area contributed by atoms with Crippen molar-refractivity contribution in [3.8, 4) is 5.75 Å². The van der Waals surface area contributed by atoms with Crippen LogP contribution in [-0.4, -0.2) is 36.4 Å². The molecule has 0 heterocycles. The number of rotatable bonds is 6. The number of hydrogen-bond donors (Lipinski definition) is 3. The molecular weight excluding hydrogens is 280 g/mol. The number of urea groups is 1. The summed E-state index contributed by atoms with van der Waals surface area (Å²) in [6.45, 7) is 3.13. The van der Waals surface area contributed by atoms with Crippen LogP contribution in [0.5, 0.6) is 5.75 Å². The third-order valence-corrected chi connectivity index (χ3v) is 4.00. The van der Waals surface area contributed by atoms with Gasteiger partial charge in [0.05, 0.1) is 18.8 Å². The van der Waals surface area contributed by atoms with Gasteiger partial charge in [-0.05, 0) is 37.8 Å². The van der Waals surface area contributed by atoms with Crippen molar-refractivity contribution in [1.29, 1.82) is 0 Å². The van der Waals surface area contributed by atoms with Gasteiger partial charge in [0.1, 0.15) is 5.75 Å². The first-order chi connectivity index (χ1) is 10.7. The van der Waals surface area contributed by atoms with Crippen molar-refractivity contribution in [1.82, 2.24) is 10.6 Å². The summed E-state index contributed by atoms with van der Waals surface area (Å²) in [4.78, 5) is 11.9. The van der Waals surface area contributed by atoms with Crippen molar-refractivity contribution in [2.75, 3.05) is 13.2 Å². The number of aliphatic hydroxyl groups excluding tert-OH is 1. The van der Waals surface area contributed by atoms with E-state index in [0.29, 0.717) is 13.2 Å².